The van der Waals surface area contributed by atoms with Gasteiger partial charge in [-0.1, -0.05) is 18.2 Å². The number of anilines is 2. The molecule has 136 valence electrons. The SMILES string of the molecule is O=C(Cc1cnn(-c2ccccc2)c1)Nc1ccc(NC(=O)C2CC2)cc1. The number of carbonyl (C=O) groups excluding carboxylic acids is 2. The van der Waals surface area contributed by atoms with Crippen LogP contribution in [0.3, 0.4) is 0 Å². The van der Waals surface area contributed by atoms with Crippen molar-refractivity contribution in [3.63, 3.8) is 0 Å². The van der Waals surface area contributed by atoms with Crippen LogP contribution >= 0.6 is 0 Å². The largest absolute Gasteiger partial charge is 0.326 e. The molecule has 1 aromatic heterocycles. The molecule has 0 radical (unpaired) electrons. The number of hydrogen-bond donors (Lipinski definition) is 2. The van der Waals surface area contributed by atoms with Gasteiger partial charge in [-0.05, 0) is 54.8 Å². The minimum absolute atomic E-state index is 0.0715. The summed E-state index contributed by atoms with van der Waals surface area (Å²) in [7, 11) is 0. The van der Waals surface area contributed by atoms with Crippen LogP contribution in [0.2, 0.25) is 0 Å². The maximum absolute atomic E-state index is 12.3. The van der Waals surface area contributed by atoms with Crippen LogP contribution in [0, 0.1) is 5.92 Å². The first-order valence-electron chi connectivity index (χ1n) is 8.97. The minimum Gasteiger partial charge on any atom is -0.326 e. The van der Waals surface area contributed by atoms with Crippen LogP contribution in [0.5, 0.6) is 0 Å². The normalized spacial score (nSPS) is 13.2. The Bertz CT molecular complexity index is 944. The highest BCUT2D eigenvalue weighted by Gasteiger charge is 2.29. The summed E-state index contributed by atoms with van der Waals surface area (Å²) in [5, 5.41) is 10.0. The highest BCUT2D eigenvalue weighted by atomic mass is 16.2. The van der Waals surface area contributed by atoms with Gasteiger partial charge in [0, 0.05) is 23.5 Å². The first kappa shape index (κ1) is 17.0. The standard InChI is InChI=1S/C21H20N4O2/c26-20(12-15-13-22-25(14-15)19-4-2-1-3-5-19)23-17-8-10-18(11-9-17)24-21(27)16-6-7-16/h1-5,8-11,13-14,16H,6-7,12H2,(H,23,26)(H,24,27). The monoisotopic (exact) mass is 360 g/mol. The van der Waals surface area contributed by atoms with Crippen molar-refractivity contribution in [3.05, 3.63) is 72.6 Å². The van der Waals surface area contributed by atoms with E-state index in [1.807, 2.05) is 36.5 Å². The van der Waals surface area contributed by atoms with Gasteiger partial charge in [0.15, 0.2) is 0 Å². The van der Waals surface area contributed by atoms with E-state index in [0.717, 1.165) is 29.8 Å². The van der Waals surface area contributed by atoms with E-state index in [0.29, 0.717) is 5.69 Å². The third-order valence-corrected chi connectivity index (χ3v) is 4.41. The highest BCUT2D eigenvalue weighted by molar-refractivity contribution is 5.95. The molecular weight excluding hydrogens is 340 g/mol. The Morgan fingerprint density at radius 2 is 1.63 bits per heavy atom. The number of nitrogens with one attached hydrogen (secondary N) is 2. The number of hydrogen-bond acceptors (Lipinski definition) is 3. The molecule has 0 atom stereocenters. The lowest BCUT2D eigenvalue weighted by atomic mass is 10.2. The average Bonchev–Trinajstić information content (AvgIpc) is 3.44. The summed E-state index contributed by atoms with van der Waals surface area (Å²) >= 11 is 0. The number of nitrogens with zero attached hydrogens (tertiary/aromatic N) is 2. The van der Waals surface area contributed by atoms with Gasteiger partial charge in [0.2, 0.25) is 11.8 Å². The van der Waals surface area contributed by atoms with Gasteiger partial charge in [0.25, 0.3) is 0 Å². The van der Waals surface area contributed by atoms with E-state index in [1.165, 1.54) is 0 Å². The molecule has 1 heterocycles. The molecule has 6 nitrogen and oxygen atoms in total. The summed E-state index contributed by atoms with van der Waals surface area (Å²) in [4.78, 5) is 24.0. The van der Waals surface area contributed by atoms with Crippen molar-refractivity contribution >= 4 is 23.2 Å². The molecule has 0 aliphatic heterocycles. The number of amides is 2. The van der Waals surface area contributed by atoms with Crippen LogP contribution in [0.15, 0.2) is 67.0 Å². The molecule has 0 spiro atoms. The molecule has 6 heteroatoms. The second-order valence-corrected chi connectivity index (χ2v) is 6.69. The van der Waals surface area contributed by atoms with Crippen LogP contribution in [-0.4, -0.2) is 21.6 Å². The van der Waals surface area contributed by atoms with E-state index in [4.69, 9.17) is 0 Å². The van der Waals surface area contributed by atoms with Crippen LogP contribution in [0.25, 0.3) is 5.69 Å². The molecule has 27 heavy (non-hydrogen) atoms. The maximum atomic E-state index is 12.3. The summed E-state index contributed by atoms with van der Waals surface area (Å²) in [6.45, 7) is 0. The Kier molecular flexibility index (Phi) is 4.70. The molecule has 4 rings (SSSR count). The number of benzene rings is 2. The van der Waals surface area contributed by atoms with Gasteiger partial charge in [0.05, 0.1) is 18.3 Å². The topological polar surface area (TPSA) is 76.0 Å². The van der Waals surface area contributed by atoms with Crippen LogP contribution in [-0.2, 0) is 16.0 Å². The zero-order valence-electron chi connectivity index (χ0n) is 14.8. The molecule has 1 aliphatic rings. The predicted octanol–water partition coefficient (Wildman–Crippen LogP) is 3.40. The molecule has 2 aromatic carbocycles. The fourth-order valence-corrected chi connectivity index (χ4v) is 2.79. The van der Waals surface area contributed by atoms with E-state index in [-0.39, 0.29) is 24.2 Å². The molecule has 0 saturated heterocycles. The Morgan fingerprint density at radius 3 is 2.30 bits per heavy atom. The van der Waals surface area contributed by atoms with Gasteiger partial charge in [-0.3, -0.25) is 9.59 Å². The van der Waals surface area contributed by atoms with E-state index in [9.17, 15) is 9.59 Å². The lowest BCUT2D eigenvalue weighted by Crippen LogP contribution is -2.15. The first-order chi connectivity index (χ1) is 13.2. The highest BCUT2D eigenvalue weighted by Crippen LogP contribution is 2.30. The van der Waals surface area contributed by atoms with Gasteiger partial charge in [-0.2, -0.15) is 5.10 Å². The van der Waals surface area contributed by atoms with Crippen molar-refractivity contribution in [1.82, 2.24) is 9.78 Å². The molecule has 1 fully saturated rings. The van der Waals surface area contributed by atoms with E-state index in [1.54, 1.807) is 35.1 Å². The van der Waals surface area contributed by atoms with Crippen molar-refractivity contribution in [2.45, 2.75) is 19.3 Å². The smallest absolute Gasteiger partial charge is 0.228 e. The Morgan fingerprint density at radius 1 is 0.963 bits per heavy atom. The van der Waals surface area contributed by atoms with Crippen molar-refractivity contribution < 1.29 is 9.59 Å². The number of carbonyl (C=O) groups is 2. The van der Waals surface area contributed by atoms with Crippen LogP contribution in [0.4, 0.5) is 11.4 Å². The Labute approximate surface area is 157 Å². The fraction of sp³-hybridized carbons (Fsp3) is 0.190. The lowest BCUT2D eigenvalue weighted by Gasteiger charge is -2.07. The molecule has 0 bridgehead atoms. The van der Waals surface area contributed by atoms with Crippen molar-refractivity contribution in [3.8, 4) is 5.69 Å². The number of para-hydroxylation sites is 1. The molecule has 0 unspecified atom stereocenters. The summed E-state index contributed by atoms with van der Waals surface area (Å²) < 4.78 is 1.75. The number of aromatic nitrogens is 2. The number of rotatable bonds is 6. The Balaban J connectivity index is 1.32. The average molecular weight is 360 g/mol. The first-order valence-corrected chi connectivity index (χ1v) is 8.97. The molecule has 3 aromatic rings. The van der Waals surface area contributed by atoms with Gasteiger partial charge in [-0.15, -0.1) is 0 Å². The third kappa shape index (κ3) is 4.41. The summed E-state index contributed by atoms with van der Waals surface area (Å²) in [5.41, 5.74) is 3.23. The molecular formula is C21H20N4O2. The van der Waals surface area contributed by atoms with E-state index in [2.05, 4.69) is 15.7 Å². The zero-order valence-corrected chi connectivity index (χ0v) is 14.8. The lowest BCUT2D eigenvalue weighted by molar-refractivity contribution is -0.117. The molecule has 2 amide bonds. The third-order valence-electron chi connectivity index (χ3n) is 4.41. The van der Waals surface area contributed by atoms with Crippen LogP contribution in [0.1, 0.15) is 18.4 Å². The van der Waals surface area contributed by atoms with Gasteiger partial charge in [0.1, 0.15) is 0 Å². The summed E-state index contributed by atoms with van der Waals surface area (Å²) in [6, 6.07) is 16.9. The van der Waals surface area contributed by atoms with Crippen molar-refractivity contribution in [2.75, 3.05) is 10.6 Å². The zero-order chi connectivity index (χ0) is 18.6. The second-order valence-electron chi connectivity index (χ2n) is 6.69. The van der Waals surface area contributed by atoms with Gasteiger partial charge >= 0.3 is 0 Å². The maximum Gasteiger partial charge on any atom is 0.228 e. The van der Waals surface area contributed by atoms with Crippen LogP contribution < -0.4 is 10.6 Å². The minimum atomic E-state index is -0.114. The van der Waals surface area contributed by atoms with E-state index < -0.39 is 0 Å². The second kappa shape index (κ2) is 7.45. The quantitative estimate of drug-likeness (QED) is 0.707. The molecule has 1 saturated carbocycles. The molecule has 2 N–H and O–H groups in total. The Hall–Kier alpha value is -3.41. The van der Waals surface area contributed by atoms with Gasteiger partial charge < -0.3 is 10.6 Å². The summed E-state index contributed by atoms with van der Waals surface area (Å²) in [6.07, 6.45) is 5.74. The summed E-state index contributed by atoms with van der Waals surface area (Å²) in [5.74, 6) is 0.126. The molecule has 1 aliphatic carbocycles. The van der Waals surface area contributed by atoms with Crippen molar-refractivity contribution in [2.24, 2.45) is 5.92 Å². The predicted molar refractivity (Wildman–Crippen MR) is 104 cm³/mol. The van der Waals surface area contributed by atoms with Crippen molar-refractivity contribution in [1.29, 1.82) is 0 Å². The fourth-order valence-electron chi connectivity index (χ4n) is 2.79. The van der Waals surface area contributed by atoms with E-state index >= 15 is 0 Å². The van der Waals surface area contributed by atoms with Gasteiger partial charge in [-0.25, -0.2) is 4.68 Å².